The minimum atomic E-state index is -0.768. The number of aliphatic hydroxyl groups excluding tert-OH is 1. The molecule has 0 aromatic heterocycles. The zero-order valence-electron chi connectivity index (χ0n) is 16.6. The van der Waals surface area contributed by atoms with Crippen LogP contribution in [0.4, 0.5) is 4.39 Å². The summed E-state index contributed by atoms with van der Waals surface area (Å²) in [5.41, 5.74) is 0.893. The van der Waals surface area contributed by atoms with E-state index in [1.807, 2.05) is 19.0 Å². The molecular weight excluding hydrogens is 375 g/mol. The lowest BCUT2D eigenvalue weighted by Gasteiger charge is -2.26. The highest BCUT2D eigenvalue weighted by molar-refractivity contribution is 6.46. The average molecular weight is 398 g/mol. The first kappa shape index (κ1) is 20.5. The Morgan fingerprint density at radius 1 is 1.17 bits per heavy atom. The second kappa shape index (κ2) is 8.45. The van der Waals surface area contributed by atoms with E-state index in [-0.39, 0.29) is 16.9 Å². The maximum absolute atomic E-state index is 13.3. The number of amides is 1. The van der Waals surface area contributed by atoms with Gasteiger partial charge in [-0.3, -0.25) is 9.59 Å². The number of halogens is 1. The fourth-order valence-corrected chi connectivity index (χ4v) is 3.34. The summed E-state index contributed by atoms with van der Waals surface area (Å²) in [6.07, 6.45) is 0. The number of carbonyl (C=O) groups is 2. The van der Waals surface area contributed by atoms with Crippen molar-refractivity contribution in [3.8, 4) is 5.75 Å². The number of likely N-dealkylation sites (tertiary alicyclic amines) is 1. The molecule has 1 saturated heterocycles. The summed E-state index contributed by atoms with van der Waals surface area (Å²) < 4.78 is 18.6. The Labute approximate surface area is 168 Å². The molecule has 1 heterocycles. The largest absolute Gasteiger partial charge is 0.507 e. The molecule has 3 rings (SSSR count). The van der Waals surface area contributed by atoms with E-state index in [1.165, 1.54) is 36.3 Å². The van der Waals surface area contributed by atoms with Crippen molar-refractivity contribution in [2.75, 3.05) is 34.3 Å². The van der Waals surface area contributed by atoms with E-state index in [9.17, 15) is 19.1 Å². The molecule has 152 valence electrons. The Kier molecular flexibility index (Phi) is 5.98. The zero-order valence-corrected chi connectivity index (χ0v) is 16.6. The summed E-state index contributed by atoms with van der Waals surface area (Å²) in [6, 6.07) is 11.4. The van der Waals surface area contributed by atoms with Gasteiger partial charge < -0.3 is 19.6 Å². The molecule has 6 nitrogen and oxygen atoms in total. The van der Waals surface area contributed by atoms with E-state index in [4.69, 9.17) is 4.74 Å². The first-order valence-electron chi connectivity index (χ1n) is 9.16. The van der Waals surface area contributed by atoms with Gasteiger partial charge in [-0.15, -0.1) is 0 Å². The van der Waals surface area contributed by atoms with Crippen LogP contribution in [0.3, 0.4) is 0 Å². The lowest BCUT2D eigenvalue weighted by molar-refractivity contribution is -0.140. The topological polar surface area (TPSA) is 70.1 Å². The third kappa shape index (κ3) is 4.14. The van der Waals surface area contributed by atoms with Gasteiger partial charge in [0.1, 0.15) is 17.3 Å². The van der Waals surface area contributed by atoms with Gasteiger partial charge in [0.05, 0.1) is 18.7 Å². The van der Waals surface area contributed by atoms with Crippen LogP contribution in [0.1, 0.15) is 17.2 Å². The number of hydrogen-bond acceptors (Lipinski definition) is 5. The van der Waals surface area contributed by atoms with Crippen LogP contribution in [-0.2, 0) is 9.59 Å². The molecule has 7 heteroatoms. The van der Waals surface area contributed by atoms with Crippen molar-refractivity contribution < 1.29 is 23.8 Å². The van der Waals surface area contributed by atoms with Crippen molar-refractivity contribution in [2.45, 2.75) is 6.04 Å². The Bertz CT molecular complexity index is 954. The zero-order chi connectivity index (χ0) is 21.1. The molecule has 1 atom stereocenters. The fourth-order valence-electron chi connectivity index (χ4n) is 3.34. The maximum atomic E-state index is 13.3. The molecule has 0 spiro atoms. The molecule has 2 aromatic rings. The number of nitrogens with zero attached hydrogens (tertiary/aromatic N) is 2. The first-order chi connectivity index (χ1) is 13.8. The van der Waals surface area contributed by atoms with Gasteiger partial charge in [0.15, 0.2) is 0 Å². The number of benzene rings is 2. The highest BCUT2D eigenvalue weighted by Crippen LogP contribution is 2.40. The van der Waals surface area contributed by atoms with E-state index in [0.717, 1.165) is 0 Å². The summed E-state index contributed by atoms with van der Waals surface area (Å²) in [7, 11) is 5.27. The van der Waals surface area contributed by atoms with Crippen molar-refractivity contribution in [3.05, 3.63) is 71.0 Å². The van der Waals surface area contributed by atoms with E-state index in [1.54, 1.807) is 24.3 Å². The number of likely N-dealkylation sites (N-methyl/N-ethyl adjacent to an activating group) is 1. The van der Waals surface area contributed by atoms with Crippen molar-refractivity contribution in [1.29, 1.82) is 0 Å². The molecule has 29 heavy (non-hydrogen) atoms. The van der Waals surface area contributed by atoms with Crippen molar-refractivity contribution >= 4 is 17.4 Å². The van der Waals surface area contributed by atoms with Gasteiger partial charge in [0.2, 0.25) is 0 Å². The lowest BCUT2D eigenvalue weighted by atomic mass is 9.95. The predicted octanol–water partition coefficient (Wildman–Crippen LogP) is 2.82. The fraction of sp³-hybridized carbons (Fsp3) is 0.273. The van der Waals surface area contributed by atoms with E-state index < -0.39 is 23.5 Å². The normalized spacial score (nSPS) is 18.5. The number of aliphatic hydroxyl groups is 1. The summed E-state index contributed by atoms with van der Waals surface area (Å²) in [6.45, 7) is 0.851. The predicted molar refractivity (Wildman–Crippen MR) is 107 cm³/mol. The Hall–Kier alpha value is -3.19. The van der Waals surface area contributed by atoms with E-state index in [2.05, 4.69) is 0 Å². The highest BCUT2D eigenvalue weighted by Gasteiger charge is 2.46. The van der Waals surface area contributed by atoms with Crippen molar-refractivity contribution in [1.82, 2.24) is 9.80 Å². The van der Waals surface area contributed by atoms with Gasteiger partial charge >= 0.3 is 0 Å². The average Bonchev–Trinajstić information content (AvgIpc) is 2.97. The SMILES string of the molecule is COc1cccc([C@H]2/C(=C(\O)c3ccc(F)cc3)C(=O)C(=O)N2CCN(C)C)c1. The highest BCUT2D eigenvalue weighted by atomic mass is 19.1. The van der Waals surface area contributed by atoms with Gasteiger partial charge in [-0.1, -0.05) is 12.1 Å². The number of methoxy groups -OCH3 is 1. The van der Waals surface area contributed by atoms with Gasteiger partial charge in [-0.05, 0) is 56.1 Å². The summed E-state index contributed by atoms with van der Waals surface area (Å²) in [4.78, 5) is 29.0. The molecule has 2 aromatic carbocycles. The number of carbonyl (C=O) groups excluding carboxylic acids is 2. The molecule has 0 bridgehead atoms. The van der Waals surface area contributed by atoms with Crippen LogP contribution in [0.25, 0.3) is 5.76 Å². The van der Waals surface area contributed by atoms with Crippen LogP contribution < -0.4 is 4.74 Å². The molecule has 0 aliphatic carbocycles. The summed E-state index contributed by atoms with van der Waals surface area (Å²) >= 11 is 0. The molecule has 1 N–H and O–H groups in total. The Morgan fingerprint density at radius 2 is 1.86 bits per heavy atom. The third-order valence-corrected chi connectivity index (χ3v) is 4.86. The minimum Gasteiger partial charge on any atom is -0.507 e. The second-order valence-corrected chi connectivity index (χ2v) is 7.08. The van der Waals surface area contributed by atoms with Gasteiger partial charge in [-0.25, -0.2) is 4.39 Å². The number of rotatable bonds is 6. The van der Waals surface area contributed by atoms with Gasteiger partial charge in [0.25, 0.3) is 11.7 Å². The van der Waals surface area contributed by atoms with Crippen LogP contribution in [0.15, 0.2) is 54.1 Å². The minimum absolute atomic E-state index is 0.0198. The molecule has 0 unspecified atom stereocenters. The lowest BCUT2D eigenvalue weighted by Crippen LogP contribution is -2.35. The van der Waals surface area contributed by atoms with Gasteiger partial charge in [0, 0.05) is 18.7 Å². The summed E-state index contributed by atoms with van der Waals surface area (Å²) in [5.74, 6) is -1.66. The molecule has 1 aliphatic rings. The monoisotopic (exact) mass is 398 g/mol. The van der Waals surface area contributed by atoms with Gasteiger partial charge in [-0.2, -0.15) is 0 Å². The van der Waals surface area contributed by atoms with Crippen LogP contribution in [0, 0.1) is 5.82 Å². The van der Waals surface area contributed by atoms with Crippen LogP contribution >= 0.6 is 0 Å². The van der Waals surface area contributed by atoms with Crippen LogP contribution in [0.5, 0.6) is 5.75 Å². The first-order valence-corrected chi connectivity index (χ1v) is 9.16. The quantitative estimate of drug-likeness (QED) is 0.460. The number of hydrogen-bond donors (Lipinski definition) is 1. The Balaban J connectivity index is 2.15. The molecular formula is C22H23FN2O4. The molecule has 1 aliphatic heterocycles. The van der Waals surface area contributed by atoms with E-state index in [0.29, 0.717) is 24.4 Å². The molecule has 1 fully saturated rings. The van der Waals surface area contributed by atoms with Crippen LogP contribution in [0.2, 0.25) is 0 Å². The van der Waals surface area contributed by atoms with Crippen molar-refractivity contribution in [3.63, 3.8) is 0 Å². The molecule has 0 saturated carbocycles. The van der Waals surface area contributed by atoms with Crippen LogP contribution in [-0.4, -0.2) is 60.9 Å². The second-order valence-electron chi connectivity index (χ2n) is 7.08. The smallest absolute Gasteiger partial charge is 0.295 e. The van der Waals surface area contributed by atoms with E-state index >= 15 is 0 Å². The standard InChI is InChI=1S/C22H23FN2O4/c1-24(2)11-12-25-19(15-5-4-6-17(13-15)29-3)18(21(27)22(25)28)20(26)14-7-9-16(23)10-8-14/h4-10,13,19,26H,11-12H2,1-3H3/b20-18+/t19-/m0/s1. The number of ether oxygens (including phenoxy) is 1. The Morgan fingerprint density at radius 3 is 2.48 bits per heavy atom. The summed E-state index contributed by atoms with van der Waals surface area (Å²) in [5, 5.41) is 10.9. The molecule has 1 amide bonds. The number of Topliss-reactive ketones (excluding diaryl/α,β-unsaturated/α-hetero) is 1. The third-order valence-electron chi connectivity index (χ3n) is 4.86. The van der Waals surface area contributed by atoms with Crippen molar-refractivity contribution in [2.24, 2.45) is 0 Å². The number of ketones is 1. The molecule has 0 radical (unpaired) electrons. The maximum Gasteiger partial charge on any atom is 0.295 e.